The summed E-state index contributed by atoms with van der Waals surface area (Å²) in [6.45, 7) is 1.92. The molecule has 3 heterocycles. The lowest BCUT2D eigenvalue weighted by Crippen LogP contribution is -2.11. The summed E-state index contributed by atoms with van der Waals surface area (Å²) >= 11 is 12.0. The maximum Gasteiger partial charge on any atom is 0.250 e. The fourth-order valence-corrected chi connectivity index (χ4v) is 3.40. The van der Waals surface area contributed by atoms with Crippen LogP contribution in [0.3, 0.4) is 0 Å². The van der Waals surface area contributed by atoms with Crippen LogP contribution in [0.25, 0.3) is 23.1 Å². The highest BCUT2D eigenvalue weighted by atomic mass is 35.5. The van der Waals surface area contributed by atoms with Crippen molar-refractivity contribution in [2.24, 2.45) is 0 Å². The maximum atomic E-state index is 12.3. The predicted octanol–water partition coefficient (Wildman–Crippen LogP) is 5.06. The standard InChI is InChI=1S/C21H15Cl2N5O/c1-13-20(28-11-3-2-4-18(28)25-13)17-9-10-24-21(26-17)27-19(29)8-6-14-5-7-15(22)12-16(14)23/h2-12H,1H3,(H,24,26,27,29)/b8-6+. The molecule has 6 nitrogen and oxygen atoms in total. The maximum absolute atomic E-state index is 12.3. The lowest BCUT2D eigenvalue weighted by atomic mass is 10.2. The van der Waals surface area contributed by atoms with Crippen LogP contribution in [0.1, 0.15) is 11.3 Å². The number of nitrogens with zero attached hydrogens (tertiary/aromatic N) is 4. The van der Waals surface area contributed by atoms with E-state index in [1.807, 2.05) is 35.7 Å². The quantitative estimate of drug-likeness (QED) is 0.465. The van der Waals surface area contributed by atoms with Gasteiger partial charge in [0.25, 0.3) is 5.91 Å². The highest BCUT2D eigenvalue weighted by Crippen LogP contribution is 2.24. The molecule has 0 aliphatic rings. The minimum Gasteiger partial charge on any atom is -0.298 e. The molecule has 1 amide bonds. The van der Waals surface area contributed by atoms with Gasteiger partial charge in [0, 0.05) is 28.5 Å². The topological polar surface area (TPSA) is 72.2 Å². The van der Waals surface area contributed by atoms with Gasteiger partial charge in [-0.05, 0) is 48.9 Å². The molecule has 0 bridgehead atoms. The van der Waals surface area contributed by atoms with E-state index in [0.717, 1.165) is 17.0 Å². The van der Waals surface area contributed by atoms with Crippen molar-refractivity contribution in [3.63, 3.8) is 0 Å². The second kappa shape index (κ2) is 8.03. The van der Waals surface area contributed by atoms with Crippen molar-refractivity contribution in [2.75, 3.05) is 5.32 Å². The number of aromatic nitrogens is 4. The normalized spacial score (nSPS) is 11.3. The number of pyridine rings is 1. The van der Waals surface area contributed by atoms with Crippen molar-refractivity contribution < 1.29 is 4.79 Å². The first-order chi connectivity index (χ1) is 14.0. The summed E-state index contributed by atoms with van der Waals surface area (Å²) in [5.74, 6) is -0.173. The van der Waals surface area contributed by atoms with Gasteiger partial charge in [-0.25, -0.2) is 15.0 Å². The molecule has 1 N–H and O–H groups in total. The van der Waals surface area contributed by atoms with E-state index in [2.05, 4.69) is 20.3 Å². The average molecular weight is 424 g/mol. The van der Waals surface area contributed by atoms with Gasteiger partial charge >= 0.3 is 0 Å². The summed E-state index contributed by atoms with van der Waals surface area (Å²) < 4.78 is 1.95. The van der Waals surface area contributed by atoms with Crippen LogP contribution >= 0.6 is 23.2 Å². The molecule has 0 unspecified atom stereocenters. The fraction of sp³-hybridized carbons (Fsp3) is 0.0476. The molecule has 0 aliphatic heterocycles. The first-order valence-corrected chi connectivity index (χ1v) is 9.48. The third kappa shape index (κ3) is 4.13. The molecule has 0 spiro atoms. The summed E-state index contributed by atoms with van der Waals surface area (Å²) in [5.41, 5.74) is 3.86. The Balaban J connectivity index is 1.57. The fourth-order valence-electron chi connectivity index (χ4n) is 2.93. The number of hydrogen-bond donors (Lipinski definition) is 1. The van der Waals surface area contributed by atoms with Gasteiger partial charge in [0.1, 0.15) is 5.65 Å². The number of hydrogen-bond acceptors (Lipinski definition) is 4. The summed E-state index contributed by atoms with van der Waals surface area (Å²) in [5, 5.41) is 3.66. The van der Waals surface area contributed by atoms with E-state index in [4.69, 9.17) is 23.2 Å². The monoisotopic (exact) mass is 423 g/mol. The lowest BCUT2D eigenvalue weighted by molar-refractivity contribution is -0.111. The number of imidazole rings is 1. The first kappa shape index (κ1) is 19.1. The first-order valence-electron chi connectivity index (χ1n) is 8.72. The Hall–Kier alpha value is -3.22. The van der Waals surface area contributed by atoms with Gasteiger partial charge in [-0.15, -0.1) is 0 Å². The van der Waals surface area contributed by atoms with Crippen LogP contribution in [0.5, 0.6) is 0 Å². The van der Waals surface area contributed by atoms with Crippen LogP contribution in [0.15, 0.2) is 60.9 Å². The number of amides is 1. The average Bonchev–Trinajstić information content (AvgIpc) is 3.03. The second-order valence-corrected chi connectivity index (χ2v) is 7.07. The molecule has 29 heavy (non-hydrogen) atoms. The lowest BCUT2D eigenvalue weighted by Gasteiger charge is -2.05. The highest BCUT2D eigenvalue weighted by Gasteiger charge is 2.13. The number of halogens is 2. The zero-order valence-corrected chi connectivity index (χ0v) is 16.8. The number of fused-ring (bicyclic) bond motifs is 1. The van der Waals surface area contributed by atoms with E-state index in [-0.39, 0.29) is 11.9 Å². The minimum absolute atomic E-state index is 0.199. The van der Waals surface area contributed by atoms with Gasteiger partial charge in [0.05, 0.1) is 17.1 Å². The summed E-state index contributed by atoms with van der Waals surface area (Å²) in [4.78, 5) is 25.4. The summed E-state index contributed by atoms with van der Waals surface area (Å²) in [6.07, 6.45) is 6.49. The largest absolute Gasteiger partial charge is 0.298 e. The Morgan fingerprint density at radius 3 is 2.83 bits per heavy atom. The zero-order chi connectivity index (χ0) is 20.4. The molecular formula is C21H15Cl2N5O. The van der Waals surface area contributed by atoms with Crippen molar-refractivity contribution >= 4 is 46.8 Å². The third-order valence-corrected chi connectivity index (χ3v) is 4.78. The molecule has 3 aromatic heterocycles. The van der Waals surface area contributed by atoms with Crippen molar-refractivity contribution in [2.45, 2.75) is 6.92 Å². The molecule has 144 valence electrons. The van der Waals surface area contributed by atoms with E-state index in [9.17, 15) is 4.79 Å². The molecule has 0 fully saturated rings. The number of nitrogens with one attached hydrogen (secondary N) is 1. The number of carbonyl (C=O) groups is 1. The predicted molar refractivity (Wildman–Crippen MR) is 115 cm³/mol. The summed E-state index contributed by atoms with van der Waals surface area (Å²) in [7, 11) is 0. The molecule has 0 saturated heterocycles. The van der Waals surface area contributed by atoms with E-state index < -0.39 is 0 Å². The molecule has 4 rings (SSSR count). The van der Waals surface area contributed by atoms with Crippen LogP contribution in [-0.4, -0.2) is 25.3 Å². The Bertz CT molecular complexity index is 1250. The van der Waals surface area contributed by atoms with Crippen LogP contribution < -0.4 is 5.32 Å². The molecule has 0 saturated carbocycles. The van der Waals surface area contributed by atoms with E-state index in [1.165, 1.54) is 6.08 Å². The van der Waals surface area contributed by atoms with Crippen molar-refractivity contribution in [1.82, 2.24) is 19.4 Å². The smallest absolute Gasteiger partial charge is 0.250 e. The SMILES string of the molecule is Cc1nc2ccccn2c1-c1ccnc(NC(=O)/C=C/c2ccc(Cl)cc2Cl)n1. The second-order valence-electron chi connectivity index (χ2n) is 6.23. The number of benzene rings is 1. The van der Waals surface area contributed by atoms with Crippen LogP contribution in [0.2, 0.25) is 10.0 Å². The van der Waals surface area contributed by atoms with Crippen LogP contribution in [0, 0.1) is 6.92 Å². The Morgan fingerprint density at radius 2 is 2.00 bits per heavy atom. The summed E-state index contributed by atoms with van der Waals surface area (Å²) in [6, 6.07) is 12.6. The third-order valence-electron chi connectivity index (χ3n) is 4.21. The van der Waals surface area contributed by atoms with Crippen molar-refractivity contribution in [1.29, 1.82) is 0 Å². The molecule has 0 aliphatic carbocycles. The number of carbonyl (C=O) groups excluding carboxylic acids is 1. The zero-order valence-electron chi connectivity index (χ0n) is 15.3. The molecular weight excluding hydrogens is 409 g/mol. The Labute approximate surface area is 176 Å². The van der Waals surface area contributed by atoms with E-state index >= 15 is 0 Å². The molecule has 0 atom stereocenters. The van der Waals surface area contributed by atoms with Crippen molar-refractivity contribution in [3.05, 3.63) is 82.2 Å². The van der Waals surface area contributed by atoms with E-state index in [0.29, 0.717) is 21.3 Å². The Kier molecular flexibility index (Phi) is 5.29. The van der Waals surface area contributed by atoms with Crippen LogP contribution in [0.4, 0.5) is 5.95 Å². The van der Waals surface area contributed by atoms with Gasteiger partial charge in [0.15, 0.2) is 0 Å². The van der Waals surface area contributed by atoms with Gasteiger partial charge in [-0.3, -0.25) is 14.5 Å². The van der Waals surface area contributed by atoms with Gasteiger partial charge < -0.3 is 0 Å². The van der Waals surface area contributed by atoms with Gasteiger partial charge in [-0.1, -0.05) is 35.3 Å². The van der Waals surface area contributed by atoms with Crippen LogP contribution in [-0.2, 0) is 4.79 Å². The number of rotatable bonds is 4. The highest BCUT2D eigenvalue weighted by molar-refractivity contribution is 6.35. The van der Waals surface area contributed by atoms with Gasteiger partial charge in [0.2, 0.25) is 5.95 Å². The molecule has 4 aromatic rings. The van der Waals surface area contributed by atoms with Crippen molar-refractivity contribution in [3.8, 4) is 11.4 Å². The molecule has 1 aromatic carbocycles. The van der Waals surface area contributed by atoms with E-state index in [1.54, 1.807) is 36.5 Å². The number of aryl methyl sites for hydroxylation is 1. The Morgan fingerprint density at radius 1 is 1.14 bits per heavy atom. The number of anilines is 1. The minimum atomic E-state index is -0.372. The molecule has 8 heteroatoms. The van der Waals surface area contributed by atoms with Gasteiger partial charge in [-0.2, -0.15) is 0 Å². The molecule has 0 radical (unpaired) electrons.